The van der Waals surface area contributed by atoms with Crippen LogP contribution in [-0.2, 0) is 6.54 Å². The summed E-state index contributed by atoms with van der Waals surface area (Å²) in [5.41, 5.74) is 9.72. The molecule has 1 aromatic carbocycles. The van der Waals surface area contributed by atoms with Crippen LogP contribution in [0.1, 0.15) is 31.9 Å². The van der Waals surface area contributed by atoms with Crippen molar-refractivity contribution in [2.75, 3.05) is 0 Å². The second-order valence-electron chi connectivity index (χ2n) is 7.23. The number of aryl methyl sites for hydroxylation is 1. The first-order chi connectivity index (χ1) is 14.0. The van der Waals surface area contributed by atoms with Crippen LogP contribution >= 0.6 is 0 Å². The molecule has 30 heavy (non-hydrogen) atoms. The number of halogens is 1. The van der Waals surface area contributed by atoms with Gasteiger partial charge in [0.1, 0.15) is 11.7 Å². The van der Waals surface area contributed by atoms with Gasteiger partial charge in [-0.1, -0.05) is 56.4 Å². The first-order valence-electron chi connectivity index (χ1n) is 9.60. The maximum Gasteiger partial charge on any atom is 0.150 e. The van der Waals surface area contributed by atoms with Crippen LogP contribution in [0.3, 0.4) is 0 Å². The summed E-state index contributed by atoms with van der Waals surface area (Å²) < 4.78 is 13.5. The first kappa shape index (κ1) is 24.6. The molecule has 1 rings (SSSR count). The Bertz CT molecular complexity index is 944. The molecule has 0 radical (unpaired) electrons. The molecule has 5 heteroatoms. The van der Waals surface area contributed by atoms with E-state index in [0.717, 1.165) is 11.1 Å². The predicted molar refractivity (Wildman–Crippen MR) is 127 cm³/mol. The lowest BCUT2D eigenvalue weighted by molar-refractivity contribution is 0.617. The van der Waals surface area contributed by atoms with Crippen LogP contribution in [0.5, 0.6) is 0 Å². The number of rotatable bonds is 9. The molecule has 0 aliphatic carbocycles. The molecular weight excluding hydrogens is 375 g/mol. The van der Waals surface area contributed by atoms with Crippen molar-refractivity contribution in [1.82, 2.24) is 5.32 Å². The Morgan fingerprint density at radius 1 is 1.33 bits per heavy atom. The topological polar surface area (TPSA) is 62.8 Å². The van der Waals surface area contributed by atoms with Crippen molar-refractivity contribution >= 4 is 11.5 Å². The van der Waals surface area contributed by atoms with E-state index in [1.807, 2.05) is 26.0 Å². The Balaban J connectivity index is 3.12. The molecule has 0 amide bonds. The number of aliphatic imine (C=N–C) groups is 2. The zero-order chi connectivity index (χ0) is 22.8. The lowest BCUT2D eigenvalue weighted by atomic mass is 10.0. The molecule has 4 nitrogen and oxygen atoms in total. The fraction of sp³-hybridized carbons (Fsp3) is 0.280. The third-order valence-electron chi connectivity index (χ3n) is 4.46. The quantitative estimate of drug-likeness (QED) is 0.267. The third kappa shape index (κ3) is 7.92. The minimum atomic E-state index is -0.642. The summed E-state index contributed by atoms with van der Waals surface area (Å²) >= 11 is 0. The summed E-state index contributed by atoms with van der Waals surface area (Å²) in [5, 5.41) is 3.24. The summed E-state index contributed by atoms with van der Waals surface area (Å²) in [6.45, 7) is 19.7. The van der Waals surface area contributed by atoms with Crippen LogP contribution in [0.25, 0.3) is 0 Å². The van der Waals surface area contributed by atoms with Gasteiger partial charge in [0.05, 0.1) is 11.4 Å². The predicted octanol–water partition coefficient (Wildman–Crippen LogP) is 4.84. The molecule has 0 saturated carbocycles. The maximum absolute atomic E-state index is 13.5. The second kappa shape index (κ2) is 11.6. The van der Waals surface area contributed by atoms with Crippen molar-refractivity contribution in [2.24, 2.45) is 21.6 Å². The van der Waals surface area contributed by atoms with E-state index < -0.39 is 6.04 Å². The minimum Gasteiger partial charge on any atom is -0.400 e. The summed E-state index contributed by atoms with van der Waals surface area (Å²) in [6, 6.07) is 4.34. The molecule has 1 aromatic rings. The number of hydrogen-bond donors (Lipinski definition) is 2. The molecule has 0 aromatic heterocycles. The molecule has 158 valence electrons. The normalized spacial score (nSPS) is 14.1. The van der Waals surface area contributed by atoms with Crippen LogP contribution in [0.2, 0.25) is 0 Å². The zero-order valence-corrected chi connectivity index (χ0v) is 18.3. The second-order valence-corrected chi connectivity index (χ2v) is 7.23. The van der Waals surface area contributed by atoms with Gasteiger partial charge < -0.3 is 11.1 Å². The number of nitrogens with two attached hydrogens (primary N) is 1. The molecular formula is C25H31FN4. The third-order valence-corrected chi connectivity index (χ3v) is 4.46. The minimum absolute atomic E-state index is 0.169. The summed E-state index contributed by atoms with van der Waals surface area (Å²) in [5.74, 6) is 2.87. The Kier molecular flexibility index (Phi) is 9.51. The Morgan fingerprint density at radius 2 is 2.00 bits per heavy atom. The first-order valence-corrected chi connectivity index (χ1v) is 9.60. The van der Waals surface area contributed by atoms with Crippen molar-refractivity contribution in [3.63, 3.8) is 0 Å². The molecule has 0 aliphatic heterocycles. The lowest BCUT2D eigenvalue weighted by Gasteiger charge is -2.12. The molecule has 0 bridgehead atoms. The van der Waals surface area contributed by atoms with Crippen molar-refractivity contribution in [2.45, 2.75) is 40.3 Å². The Morgan fingerprint density at radius 3 is 2.53 bits per heavy atom. The van der Waals surface area contributed by atoms with Gasteiger partial charge in [0.2, 0.25) is 0 Å². The van der Waals surface area contributed by atoms with E-state index in [4.69, 9.17) is 12.2 Å². The smallest absolute Gasteiger partial charge is 0.150 e. The summed E-state index contributed by atoms with van der Waals surface area (Å²) in [7, 11) is 0. The molecule has 2 unspecified atom stereocenters. The van der Waals surface area contributed by atoms with Gasteiger partial charge in [0.15, 0.2) is 6.04 Å². The number of nitrogens with one attached hydrogen (secondary N) is 1. The van der Waals surface area contributed by atoms with E-state index in [2.05, 4.69) is 41.0 Å². The number of hydrogen-bond acceptors (Lipinski definition) is 3. The highest BCUT2D eigenvalue weighted by atomic mass is 19.1. The van der Waals surface area contributed by atoms with E-state index in [9.17, 15) is 4.39 Å². The highest BCUT2D eigenvalue weighted by Crippen LogP contribution is 2.12. The molecule has 0 saturated heterocycles. The molecule has 0 fully saturated rings. The van der Waals surface area contributed by atoms with Crippen molar-refractivity contribution < 1.29 is 4.39 Å². The van der Waals surface area contributed by atoms with Crippen LogP contribution < -0.4 is 11.1 Å². The van der Waals surface area contributed by atoms with Crippen LogP contribution in [0.15, 0.2) is 77.0 Å². The maximum atomic E-state index is 13.5. The van der Waals surface area contributed by atoms with Crippen LogP contribution in [0, 0.1) is 31.0 Å². The van der Waals surface area contributed by atoms with Crippen LogP contribution in [-0.4, -0.2) is 17.6 Å². The van der Waals surface area contributed by atoms with Gasteiger partial charge in [0.25, 0.3) is 0 Å². The highest BCUT2D eigenvalue weighted by Gasteiger charge is 2.08. The molecule has 3 N–H and O–H groups in total. The number of terminal acetylenes is 1. The Labute approximate surface area is 179 Å². The van der Waals surface area contributed by atoms with Gasteiger partial charge in [-0.05, 0) is 50.0 Å². The average molecular weight is 407 g/mol. The SMILES string of the molecule is C#CC(N=C(C)N=C(C=CC(C)C(=C)C)C(=C)NCc1ccc(F)c(C)c1)C(=C)N. The summed E-state index contributed by atoms with van der Waals surface area (Å²) in [6.07, 6.45) is 9.31. The Hall–Kier alpha value is -3.39. The summed E-state index contributed by atoms with van der Waals surface area (Å²) in [4.78, 5) is 8.88. The van der Waals surface area contributed by atoms with Gasteiger partial charge in [0, 0.05) is 12.2 Å². The number of allylic oxidation sites excluding steroid dienone is 3. The lowest BCUT2D eigenvalue weighted by Crippen LogP contribution is -2.20. The number of amidine groups is 1. The van der Waals surface area contributed by atoms with Gasteiger partial charge in [-0.2, -0.15) is 0 Å². The fourth-order valence-electron chi connectivity index (χ4n) is 2.34. The molecule has 0 heterocycles. The van der Waals surface area contributed by atoms with Crippen molar-refractivity contribution in [3.8, 4) is 12.3 Å². The molecule has 0 aliphatic rings. The number of nitrogens with zero attached hydrogens (tertiary/aromatic N) is 2. The zero-order valence-electron chi connectivity index (χ0n) is 18.3. The fourth-order valence-corrected chi connectivity index (χ4v) is 2.34. The van der Waals surface area contributed by atoms with E-state index >= 15 is 0 Å². The standard InChI is InChI=1S/C25H31FN4/c1-9-24(19(6)27)29-21(8)30-25(13-10-17(4)16(2)3)20(7)28-15-22-11-12-23(26)18(5)14-22/h1,10-14,17,24,28H,2,6-7,15,27H2,3-5,8H3. The van der Waals surface area contributed by atoms with E-state index in [1.165, 1.54) is 6.07 Å². The highest BCUT2D eigenvalue weighted by molar-refractivity contribution is 6.12. The number of benzene rings is 1. The monoisotopic (exact) mass is 406 g/mol. The van der Waals surface area contributed by atoms with Gasteiger partial charge >= 0.3 is 0 Å². The van der Waals surface area contributed by atoms with Crippen molar-refractivity contribution in [1.29, 1.82) is 0 Å². The van der Waals surface area contributed by atoms with Crippen LogP contribution in [0.4, 0.5) is 4.39 Å². The van der Waals surface area contributed by atoms with E-state index in [-0.39, 0.29) is 17.4 Å². The van der Waals surface area contributed by atoms with Gasteiger partial charge in [-0.25, -0.2) is 14.4 Å². The van der Waals surface area contributed by atoms with Crippen molar-refractivity contribution in [3.05, 3.63) is 84.0 Å². The molecule has 0 spiro atoms. The van der Waals surface area contributed by atoms with E-state index in [1.54, 1.807) is 26.0 Å². The average Bonchev–Trinajstić information content (AvgIpc) is 2.69. The molecule has 2 atom stereocenters. The van der Waals surface area contributed by atoms with E-state index in [0.29, 0.717) is 29.4 Å². The van der Waals surface area contributed by atoms with Gasteiger partial charge in [-0.3, -0.25) is 0 Å². The van der Waals surface area contributed by atoms with Gasteiger partial charge in [-0.15, -0.1) is 6.42 Å². The largest absolute Gasteiger partial charge is 0.400 e.